The van der Waals surface area contributed by atoms with Gasteiger partial charge in [-0.1, -0.05) is 11.6 Å². The molecule has 0 bridgehead atoms. The molecular formula is C11H17ClN2O3S. The molecule has 18 heavy (non-hydrogen) atoms. The molecule has 0 radical (unpaired) electrons. The molecule has 1 aromatic rings. The molecule has 1 aromatic carbocycles. The molecule has 0 fully saturated rings. The number of nitrogen functional groups attached to an aromatic ring is 1. The third kappa shape index (κ3) is 3.14. The fourth-order valence-electron chi connectivity index (χ4n) is 1.45. The molecule has 0 amide bonds. The molecular weight excluding hydrogens is 276 g/mol. The van der Waals surface area contributed by atoms with E-state index < -0.39 is 10.0 Å². The van der Waals surface area contributed by atoms with Crippen LogP contribution in [0, 0.1) is 6.92 Å². The molecule has 0 saturated heterocycles. The van der Waals surface area contributed by atoms with Crippen molar-refractivity contribution in [2.24, 2.45) is 0 Å². The molecule has 102 valence electrons. The van der Waals surface area contributed by atoms with Crippen LogP contribution < -0.4 is 5.73 Å². The van der Waals surface area contributed by atoms with Crippen molar-refractivity contribution in [2.45, 2.75) is 11.8 Å². The van der Waals surface area contributed by atoms with Crippen LogP contribution in [0.3, 0.4) is 0 Å². The van der Waals surface area contributed by atoms with E-state index in [-0.39, 0.29) is 11.4 Å². The number of benzene rings is 1. The van der Waals surface area contributed by atoms with Gasteiger partial charge in [0, 0.05) is 31.4 Å². The maximum Gasteiger partial charge on any atom is 0.243 e. The SMILES string of the molecule is COCCN(C)S(=O)(=O)c1cc(Cl)cc(N)c1C. The number of nitrogens with two attached hydrogens (primary N) is 1. The molecule has 0 saturated carbocycles. The Morgan fingerprint density at radius 2 is 2.06 bits per heavy atom. The Morgan fingerprint density at radius 1 is 1.44 bits per heavy atom. The molecule has 0 heterocycles. The van der Waals surface area contributed by atoms with Gasteiger partial charge in [0.2, 0.25) is 10.0 Å². The fraction of sp³-hybridized carbons (Fsp3) is 0.455. The highest BCUT2D eigenvalue weighted by Gasteiger charge is 2.23. The van der Waals surface area contributed by atoms with Crippen LogP contribution in [0.1, 0.15) is 5.56 Å². The van der Waals surface area contributed by atoms with Gasteiger partial charge in [-0.2, -0.15) is 4.31 Å². The van der Waals surface area contributed by atoms with Crippen molar-refractivity contribution in [3.05, 3.63) is 22.7 Å². The number of hydrogen-bond acceptors (Lipinski definition) is 4. The second-order valence-corrected chi connectivity index (χ2v) is 6.39. The molecule has 0 spiro atoms. The van der Waals surface area contributed by atoms with Gasteiger partial charge >= 0.3 is 0 Å². The topological polar surface area (TPSA) is 72.6 Å². The molecule has 0 aliphatic heterocycles. The lowest BCUT2D eigenvalue weighted by Crippen LogP contribution is -2.30. The predicted octanol–water partition coefficient (Wildman–Crippen LogP) is 1.50. The number of nitrogens with zero attached hydrogens (tertiary/aromatic N) is 1. The lowest BCUT2D eigenvalue weighted by molar-refractivity contribution is 0.185. The van der Waals surface area contributed by atoms with Crippen molar-refractivity contribution in [2.75, 3.05) is 33.0 Å². The van der Waals surface area contributed by atoms with Crippen molar-refractivity contribution < 1.29 is 13.2 Å². The summed E-state index contributed by atoms with van der Waals surface area (Å²) in [4.78, 5) is 0.131. The van der Waals surface area contributed by atoms with E-state index in [1.807, 2.05) is 0 Å². The molecule has 5 nitrogen and oxygen atoms in total. The van der Waals surface area contributed by atoms with Crippen molar-refractivity contribution in [1.82, 2.24) is 4.31 Å². The van der Waals surface area contributed by atoms with Crippen LogP contribution in [0.15, 0.2) is 17.0 Å². The average molecular weight is 293 g/mol. The first-order valence-electron chi connectivity index (χ1n) is 5.31. The zero-order chi connectivity index (χ0) is 13.9. The summed E-state index contributed by atoms with van der Waals surface area (Å²) in [6.07, 6.45) is 0. The van der Waals surface area contributed by atoms with E-state index in [1.54, 1.807) is 6.92 Å². The molecule has 0 aromatic heterocycles. The van der Waals surface area contributed by atoms with E-state index in [2.05, 4.69) is 0 Å². The largest absolute Gasteiger partial charge is 0.398 e. The van der Waals surface area contributed by atoms with Gasteiger partial charge in [-0.25, -0.2) is 8.42 Å². The van der Waals surface area contributed by atoms with E-state index in [9.17, 15) is 8.42 Å². The van der Waals surface area contributed by atoms with E-state index in [0.717, 1.165) is 0 Å². The second-order valence-electron chi connectivity index (χ2n) is 3.94. The first-order valence-corrected chi connectivity index (χ1v) is 7.13. The Kier molecular flexibility index (Phi) is 4.98. The van der Waals surface area contributed by atoms with Crippen LogP contribution >= 0.6 is 11.6 Å². The molecule has 2 N–H and O–H groups in total. The lowest BCUT2D eigenvalue weighted by atomic mass is 10.2. The van der Waals surface area contributed by atoms with Crippen LogP contribution in [0.2, 0.25) is 5.02 Å². The minimum absolute atomic E-state index is 0.131. The van der Waals surface area contributed by atoms with Crippen LogP contribution in [-0.2, 0) is 14.8 Å². The highest BCUT2D eigenvalue weighted by Crippen LogP contribution is 2.27. The fourth-order valence-corrected chi connectivity index (χ4v) is 3.17. The number of methoxy groups -OCH3 is 1. The smallest absolute Gasteiger partial charge is 0.243 e. The molecule has 0 aliphatic rings. The third-order valence-corrected chi connectivity index (χ3v) is 4.86. The molecule has 1 rings (SSSR count). The van der Waals surface area contributed by atoms with Crippen LogP contribution in [0.25, 0.3) is 0 Å². The van der Waals surface area contributed by atoms with Crippen molar-refractivity contribution in [1.29, 1.82) is 0 Å². The van der Waals surface area contributed by atoms with Crippen molar-refractivity contribution in [3.63, 3.8) is 0 Å². The van der Waals surface area contributed by atoms with Crippen LogP contribution in [0.4, 0.5) is 5.69 Å². The molecule has 7 heteroatoms. The van der Waals surface area contributed by atoms with Crippen molar-refractivity contribution >= 4 is 27.3 Å². The Labute approximate surface area is 113 Å². The average Bonchev–Trinajstić information content (AvgIpc) is 2.30. The number of rotatable bonds is 5. The number of sulfonamides is 1. The van der Waals surface area contributed by atoms with Gasteiger partial charge in [-0.3, -0.25) is 0 Å². The summed E-state index contributed by atoms with van der Waals surface area (Å²) in [7, 11) is -0.590. The molecule has 0 aliphatic carbocycles. The summed E-state index contributed by atoms with van der Waals surface area (Å²) in [5.74, 6) is 0. The Hall–Kier alpha value is -0.820. The Balaban J connectivity index is 3.20. The number of ether oxygens (including phenoxy) is 1. The van der Waals surface area contributed by atoms with Gasteiger partial charge < -0.3 is 10.5 Å². The Morgan fingerprint density at radius 3 is 2.61 bits per heavy atom. The lowest BCUT2D eigenvalue weighted by Gasteiger charge is -2.19. The minimum Gasteiger partial charge on any atom is -0.398 e. The zero-order valence-corrected chi connectivity index (χ0v) is 12.2. The summed E-state index contributed by atoms with van der Waals surface area (Å²) in [6.45, 7) is 2.25. The summed E-state index contributed by atoms with van der Waals surface area (Å²) in [5, 5.41) is 0.303. The van der Waals surface area contributed by atoms with Gasteiger partial charge in [-0.15, -0.1) is 0 Å². The zero-order valence-electron chi connectivity index (χ0n) is 10.6. The number of hydrogen-bond donors (Lipinski definition) is 1. The van der Waals surface area contributed by atoms with Crippen LogP contribution in [-0.4, -0.2) is 40.0 Å². The van der Waals surface area contributed by atoms with Gasteiger partial charge in [-0.05, 0) is 24.6 Å². The molecule has 0 atom stereocenters. The number of halogens is 1. The van der Waals surface area contributed by atoms with Crippen molar-refractivity contribution in [3.8, 4) is 0 Å². The maximum atomic E-state index is 12.3. The summed E-state index contributed by atoms with van der Waals surface area (Å²) in [5.41, 5.74) is 6.59. The number of anilines is 1. The summed E-state index contributed by atoms with van der Waals surface area (Å²) >= 11 is 5.85. The normalized spacial score (nSPS) is 12.1. The minimum atomic E-state index is -3.60. The third-order valence-electron chi connectivity index (χ3n) is 2.66. The monoisotopic (exact) mass is 292 g/mol. The maximum absolute atomic E-state index is 12.3. The summed E-state index contributed by atoms with van der Waals surface area (Å²) < 4.78 is 30.7. The standard InChI is InChI=1S/C11H17ClN2O3S/c1-8-10(13)6-9(12)7-11(8)18(15,16)14(2)4-5-17-3/h6-7H,4-5,13H2,1-3H3. The Bertz CT molecular complexity index is 531. The van der Waals surface area contributed by atoms with Crippen LogP contribution in [0.5, 0.6) is 0 Å². The highest BCUT2D eigenvalue weighted by molar-refractivity contribution is 7.89. The van der Waals surface area contributed by atoms with Gasteiger partial charge in [0.1, 0.15) is 0 Å². The highest BCUT2D eigenvalue weighted by atomic mass is 35.5. The van der Waals surface area contributed by atoms with Gasteiger partial charge in [0.05, 0.1) is 11.5 Å². The quantitative estimate of drug-likeness (QED) is 0.835. The van der Waals surface area contributed by atoms with E-state index >= 15 is 0 Å². The first-order chi connectivity index (χ1) is 8.30. The van der Waals surface area contributed by atoms with Gasteiger partial charge in [0.15, 0.2) is 0 Å². The summed E-state index contributed by atoms with van der Waals surface area (Å²) in [6, 6.07) is 2.94. The second kappa shape index (κ2) is 5.88. The van der Waals surface area contributed by atoms with E-state index in [4.69, 9.17) is 22.1 Å². The predicted molar refractivity (Wildman–Crippen MR) is 72.3 cm³/mol. The van der Waals surface area contributed by atoms with E-state index in [1.165, 1.54) is 30.6 Å². The van der Waals surface area contributed by atoms with E-state index in [0.29, 0.717) is 22.9 Å². The number of likely N-dealkylation sites (N-methyl/N-ethyl adjacent to an activating group) is 1. The molecule has 0 unspecified atom stereocenters. The first kappa shape index (κ1) is 15.2. The van der Waals surface area contributed by atoms with Gasteiger partial charge in [0.25, 0.3) is 0 Å².